The number of ketones is 1. The Bertz CT molecular complexity index is 2380. The summed E-state index contributed by atoms with van der Waals surface area (Å²) in [6, 6.07) is 41.8. The molecule has 0 N–H and O–H groups in total. The number of allylic oxidation sites excluding steroid dienone is 4. The third kappa shape index (κ3) is 6.72. The maximum atomic E-state index is 12.9. The number of thiophene rings is 3. The Morgan fingerprint density at radius 3 is 1.70 bits per heavy atom. The van der Waals surface area contributed by atoms with Crippen LogP contribution in [0, 0.1) is 11.8 Å². The lowest BCUT2D eigenvalue weighted by Crippen LogP contribution is -2.03. The van der Waals surface area contributed by atoms with Crippen molar-refractivity contribution in [2.45, 2.75) is 19.9 Å². The number of carbonyl (C=O) groups is 1. The Labute approximate surface area is 285 Å². The quantitative estimate of drug-likeness (QED) is 0.0903. The fourth-order valence-corrected chi connectivity index (χ4v) is 8.80. The first-order valence-corrected chi connectivity index (χ1v) is 17.8. The normalized spacial score (nSPS) is 11.4. The van der Waals surface area contributed by atoms with E-state index in [1.165, 1.54) is 4.83 Å². The van der Waals surface area contributed by atoms with Gasteiger partial charge < -0.3 is 4.57 Å². The molecule has 0 aliphatic heterocycles. The van der Waals surface area contributed by atoms with Crippen molar-refractivity contribution in [1.29, 1.82) is 0 Å². The van der Waals surface area contributed by atoms with Crippen LogP contribution in [0.25, 0.3) is 40.4 Å². The fraction of sp³-hybridized carbons (Fsp3) is 0.0750. The average Bonchev–Trinajstić information content (AvgIpc) is 3.89. The van der Waals surface area contributed by atoms with Crippen LogP contribution in [0.15, 0.2) is 146 Å². The predicted octanol–water partition coefficient (Wildman–Crippen LogP) is 11.0. The molecular formula is C40H31N3OS3. The zero-order valence-corrected chi connectivity index (χ0v) is 28.2. The summed E-state index contributed by atoms with van der Waals surface area (Å²) in [7, 11) is 0. The standard InChI is InChI=1S/C40H31N3OS3/c1-2-3-4-5-6-13-28-41-35-22-24-37(45-35)42(32-16-11-8-12-17-32)39-26-27-40(47-39)43(38-25-23-36(41)46-38)33-20-18-30(19-21-33)29-34(44)31-14-9-7-10-15-31/h4-27H,28-29H2,1H3. The van der Waals surface area contributed by atoms with Gasteiger partial charge in [-0.2, -0.15) is 0 Å². The van der Waals surface area contributed by atoms with Crippen LogP contribution < -0.4 is 0 Å². The molecule has 0 amide bonds. The number of fused-ring (bicyclic) bond motifs is 6. The molecule has 0 atom stereocenters. The number of benzene rings is 3. The predicted molar refractivity (Wildman–Crippen MR) is 202 cm³/mol. The van der Waals surface area contributed by atoms with Gasteiger partial charge in [-0.25, -0.2) is 0 Å². The Hall–Kier alpha value is -5.13. The van der Waals surface area contributed by atoms with E-state index in [-0.39, 0.29) is 5.78 Å². The topological polar surface area (TPSA) is 31.9 Å². The second-order valence-electron chi connectivity index (χ2n) is 10.8. The minimum atomic E-state index is 0.121. The zero-order chi connectivity index (χ0) is 32.0. The van der Waals surface area contributed by atoms with E-state index in [2.05, 4.69) is 129 Å². The molecule has 0 spiro atoms. The van der Waals surface area contributed by atoms with Crippen LogP contribution in [0.5, 0.6) is 0 Å². The van der Waals surface area contributed by atoms with E-state index in [1.54, 1.807) is 34.0 Å². The largest absolute Gasteiger partial charge is 0.321 e. The first-order chi connectivity index (χ1) is 23.2. The Morgan fingerprint density at radius 1 is 0.617 bits per heavy atom. The van der Waals surface area contributed by atoms with Crippen LogP contribution in [-0.4, -0.2) is 19.5 Å². The van der Waals surface area contributed by atoms with E-state index in [0.717, 1.165) is 53.2 Å². The second kappa shape index (κ2) is 14.1. The first kappa shape index (κ1) is 30.5. The minimum Gasteiger partial charge on any atom is -0.321 e. The molecule has 230 valence electrons. The third-order valence-corrected chi connectivity index (χ3v) is 10.9. The summed E-state index contributed by atoms with van der Waals surface area (Å²) in [5.74, 6) is 6.00. The number of Topliss-reactive ketones (excluding diaryl/α,β-unsaturated/α-hetero) is 1. The van der Waals surface area contributed by atoms with Crippen LogP contribution in [0.1, 0.15) is 22.8 Å². The van der Waals surface area contributed by atoms with Crippen molar-refractivity contribution in [3.8, 4) is 23.2 Å². The van der Waals surface area contributed by atoms with Gasteiger partial charge in [0, 0.05) is 29.9 Å². The molecule has 4 nitrogen and oxygen atoms in total. The van der Waals surface area contributed by atoms with Gasteiger partial charge in [-0.15, -0.1) is 5.92 Å². The maximum absolute atomic E-state index is 12.9. The van der Waals surface area contributed by atoms with Gasteiger partial charge in [-0.05, 0) is 79.2 Å². The summed E-state index contributed by atoms with van der Waals surface area (Å²) < 4.78 is 7.05. The molecule has 7 aromatic rings. The average molecular weight is 666 g/mol. The molecule has 0 unspecified atom stereocenters. The van der Waals surface area contributed by atoms with Crippen LogP contribution >= 0.6 is 34.0 Å². The number of hydrogen-bond acceptors (Lipinski definition) is 4. The molecule has 4 heterocycles. The molecule has 47 heavy (non-hydrogen) atoms. The van der Waals surface area contributed by atoms with Crippen molar-refractivity contribution in [3.05, 3.63) is 157 Å². The molecule has 0 saturated heterocycles. The Balaban J connectivity index is 1.41. The first-order valence-electron chi connectivity index (χ1n) is 15.3. The lowest BCUT2D eigenvalue weighted by molar-refractivity contribution is 0.0993. The summed E-state index contributed by atoms with van der Waals surface area (Å²) >= 11 is 5.32. The zero-order valence-electron chi connectivity index (χ0n) is 25.7. The molecule has 0 fully saturated rings. The molecule has 4 aromatic heterocycles. The van der Waals surface area contributed by atoms with Gasteiger partial charge in [-0.1, -0.05) is 119 Å². The summed E-state index contributed by atoms with van der Waals surface area (Å²) in [6.45, 7) is 2.56. The molecule has 0 aliphatic carbocycles. The van der Waals surface area contributed by atoms with Crippen molar-refractivity contribution in [1.82, 2.24) is 13.7 Å². The van der Waals surface area contributed by atoms with E-state index in [0.29, 0.717) is 6.42 Å². The molecule has 0 radical (unpaired) electrons. The smallest absolute Gasteiger partial charge is 0.167 e. The minimum absolute atomic E-state index is 0.121. The highest BCUT2D eigenvalue weighted by molar-refractivity contribution is 7.25. The highest BCUT2D eigenvalue weighted by Gasteiger charge is 2.11. The van der Waals surface area contributed by atoms with Crippen LogP contribution in [-0.2, 0) is 13.0 Å². The Kier molecular flexibility index (Phi) is 9.16. The lowest BCUT2D eigenvalue weighted by Gasteiger charge is -2.10. The Morgan fingerprint density at radius 2 is 1.13 bits per heavy atom. The van der Waals surface area contributed by atoms with Crippen molar-refractivity contribution < 1.29 is 4.79 Å². The fourth-order valence-electron chi connectivity index (χ4n) is 5.42. The van der Waals surface area contributed by atoms with Gasteiger partial charge in [0.1, 0.15) is 19.3 Å². The van der Waals surface area contributed by atoms with E-state index in [1.807, 2.05) is 49.4 Å². The van der Waals surface area contributed by atoms with E-state index in [9.17, 15) is 4.79 Å². The lowest BCUT2D eigenvalue weighted by atomic mass is 10.0. The number of aromatic nitrogens is 3. The third-order valence-electron chi connectivity index (χ3n) is 7.67. The van der Waals surface area contributed by atoms with E-state index in [4.69, 9.17) is 0 Å². The van der Waals surface area contributed by atoms with Crippen molar-refractivity contribution in [3.63, 3.8) is 0 Å². The van der Waals surface area contributed by atoms with Crippen LogP contribution in [0.2, 0.25) is 0 Å². The summed E-state index contributed by atoms with van der Waals surface area (Å²) in [4.78, 5) is 19.8. The van der Waals surface area contributed by atoms with E-state index >= 15 is 0 Å². The van der Waals surface area contributed by atoms with Gasteiger partial charge in [0.05, 0.1) is 9.66 Å². The molecule has 6 bridgehead atoms. The van der Waals surface area contributed by atoms with Gasteiger partial charge in [0.2, 0.25) is 0 Å². The van der Waals surface area contributed by atoms with Gasteiger partial charge >= 0.3 is 0 Å². The molecular weight excluding hydrogens is 635 g/mol. The number of nitrogens with zero attached hydrogens (tertiary/aromatic N) is 3. The molecule has 7 rings (SSSR count). The molecule has 0 aliphatic rings. The molecule has 7 heteroatoms. The van der Waals surface area contributed by atoms with Crippen molar-refractivity contribution in [2.75, 3.05) is 0 Å². The van der Waals surface area contributed by atoms with Crippen LogP contribution in [0.3, 0.4) is 0 Å². The number of rotatable bonds is 8. The number of carbonyl (C=O) groups excluding carboxylic acids is 1. The van der Waals surface area contributed by atoms with Gasteiger partial charge in [0.15, 0.2) is 5.78 Å². The summed E-state index contributed by atoms with van der Waals surface area (Å²) in [6.07, 6.45) is 8.45. The monoisotopic (exact) mass is 665 g/mol. The molecule has 3 aromatic carbocycles. The van der Waals surface area contributed by atoms with Gasteiger partial charge in [-0.3, -0.25) is 13.9 Å². The van der Waals surface area contributed by atoms with Crippen molar-refractivity contribution >= 4 is 68.8 Å². The molecule has 0 saturated carbocycles. The highest BCUT2D eigenvalue weighted by Crippen LogP contribution is 2.33. The van der Waals surface area contributed by atoms with E-state index < -0.39 is 0 Å². The highest BCUT2D eigenvalue weighted by atomic mass is 32.1. The maximum Gasteiger partial charge on any atom is 0.167 e. The van der Waals surface area contributed by atoms with Crippen LogP contribution in [0.4, 0.5) is 0 Å². The SMILES string of the molecule is CC#CC=CC=CCn1c2ccc(s2)n(-c2ccccc2)c2ccc(s2)n(-c2ccc(CC(=O)c3ccccc3)cc2)c2ccc1s2. The van der Waals surface area contributed by atoms with Crippen molar-refractivity contribution in [2.24, 2.45) is 0 Å². The number of para-hydroxylation sites is 1. The second-order valence-corrected chi connectivity index (χ2v) is 13.9. The van der Waals surface area contributed by atoms with Gasteiger partial charge in [0.25, 0.3) is 0 Å². The number of hydrogen-bond donors (Lipinski definition) is 0. The summed E-state index contributed by atoms with van der Waals surface area (Å²) in [5.41, 5.74) is 3.91. The summed E-state index contributed by atoms with van der Waals surface area (Å²) in [5, 5.41) is 0.